The van der Waals surface area contributed by atoms with Crippen molar-refractivity contribution in [3.63, 3.8) is 0 Å². The second-order valence-electron chi connectivity index (χ2n) is 4.52. The van der Waals surface area contributed by atoms with Gasteiger partial charge in [-0.05, 0) is 6.92 Å². The van der Waals surface area contributed by atoms with Gasteiger partial charge in [0, 0.05) is 11.8 Å². The maximum absolute atomic E-state index is 11.2. The highest BCUT2D eigenvalue weighted by Gasteiger charge is 2.37. The van der Waals surface area contributed by atoms with Crippen LogP contribution >= 0.6 is 11.3 Å². The molecule has 0 amide bonds. The molecule has 0 bridgehead atoms. The molecule has 19 heavy (non-hydrogen) atoms. The predicted octanol–water partition coefficient (Wildman–Crippen LogP) is 1.87. The molecular formula is C13H16N2O3S. The lowest BCUT2D eigenvalue weighted by molar-refractivity contribution is -0.148. The second kappa shape index (κ2) is 5.54. The molecule has 1 aromatic heterocycles. The van der Waals surface area contributed by atoms with Crippen molar-refractivity contribution in [1.29, 1.82) is 0 Å². The van der Waals surface area contributed by atoms with Gasteiger partial charge in [-0.3, -0.25) is 4.79 Å². The fraction of sp³-hybridized carbons (Fsp3) is 0.385. The van der Waals surface area contributed by atoms with Gasteiger partial charge in [-0.1, -0.05) is 24.3 Å². The van der Waals surface area contributed by atoms with Gasteiger partial charge in [-0.25, -0.2) is 4.98 Å². The molecular weight excluding hydrogens is 264 g/mol. The van der Waals surface area contributed by atoms with E-state index >= 15 is 0 Å². The Morgan fingerprint density at radius 2 is 2.42 bits per heavy atom. The summed E-state index contributed by atoms with van der Waals surface area (Å²) in [6.07, 6.45) is 7.57. The van der Waals surface area contributed by atoms with Crippen LogP contribution in [-0.4, -0.2) is 28.3 Å². The number of hydrogen-bond acceptors (Lipinski definition) is 5. The Hall–Kier alpha value is -1.66. The first kappa shape index (κ1) is 13.8. The average molecular weight is 280 g/mol. The Balaban J connectivity index is 1.95. The third kappa shape index (κ3) is 3.21. The van der Waals surface area contributed by atoms with Crippen molar-refractivity contribution < 1.29 is 14.6 Å². The zero-order valence-corrected chi connectivity index (χ0v) is 11.4. The van der Waals surface area contributed by atoms with Crippen molar-refractivity contribution in [2.75, 3.05) is 12.3 Å². The predicted molar refractivity (Wildman–Crippen MR) is 74.0 cm³/mol. The average Bonchev–Trinajstić information content (AvgIpc) is 2.75. The molecule has 1 aromatic rings. The van der Waals surface area contributed by atoms with Crippen molar-refractivity contribution in [2.45, 2.75) is 18.9 Å². The fourth-order valence-electron chi connectivity index (χ4n) is 1.99. The van der Waals surface area contributed by atoms with E-state index in [-0.39, 0.29) is 0 Å². The molecule has 2 rings (SSSR count). The van der Waals surface area contributed by atoms with E-state index < -0.39 is 17.5 Å². The highest BCUT2D eigenvalue weighted by molar-refractivity contribution is 7.13. The number of allylic oxidation sites excluding steroid dienone is 2. The zero-order valence-electron chi connectivity index (χ0n) is 10.6. The Morgan fingerprint density at radius 3 is 3.05 bits per heavy atom. The summed E-state index contributed by atoms with van der Waals surface area (Å²) in [6, 6.07) is 0. The number of aliphatic carboxylic acids is 1. The minimum Gasteiger partial charge on any atom is -0.481 e. The molecule has 1 heterocycles. The van der Waals surface area contributed by atoms with Crippen LogP contribution in [0.25, 0.3) is 0 Å². The van der Waals surface area contributed by atoms with Gasteiger partial charge in [0.1, 0.15) is 11.5 Å². The number of anilines is 1. The summed E-state index contributed by atoms with van der Waals surface area (Å²) in [4.78, 5) is 15.4. The van der Waals surface area contributed by atoms with Crippen LogP contribution in [0.3, 0.4) is 0 Å². The summed E-state index contributed by atoms with van der Waals surface area (Å²) in [6.45, 7) is 2.18. The van der Waals surface area contributed by atoms with Gasteiger partial charge < -0.3 is 15.6 Å². The number of carbonyl (C=O) groups is 1. The van der Waals surface area contributed by atoms with Crippen molar-refractivity contribution in [2.24, 2.45) is 5.92 Å². The van der Waals surface area contributed by atoms with Crippen LogP contribution in [0.1, 0.15) is 12.6 Å². The first-order chi connectivity index (χ1) is 9.01. The van der Waals surface area contributed by atoms with Crippen LogP contribution in [0.5, 0.6) is 0 Å². The van der Waals surface area contributed by atoms with E-state index in [1.54, 1.807) is 31.2 Å². The first-order valence-electron chi connectivity index (χ1n) is 5.94. The van der Waals surface area contributed by atoms with Gasteiger partial charge in [0.2, 0.25) is 0 Å². The summed E-state index contributed by atoms with van der Waals surface area (Å²) >= 11 is 1.39. The number of nitrogens with zero attached hydrogens (tertiary/aromatic N) is 1. The van der Waals surface area contributed by atoms with Crippen LogP contribution < -0.4 is 5.73 Å². The van der Waals surface area contributed by atoms with Crippen LogP contribution in [-0.2, 0) is 16.0 Å². The Bertz CT molecular complexity index is 524. The van der Waals surface area contributed by atoms with Crippen molar-refractivity contribution in [3.8, 4) is 0 Å². The maximum atomic E-state index is 11.2. The highest BCUT2D eigenvalue weighted by Crippen LogP contribution is 2.28. The molecule has 0 saturated heterocycles. The minimum atomic E-state index is -0.888. The normalized spacial score (nSPS) is 25.6. The molecule has 0 fully saturated rings. The summed E-state index contributed by atoms with van der Waals surface area (Å²) in [5.74, 6) is -1.56. The molecule has 2 atom stereocenters. The SMILES string of the molecule is CC1(OCCc2csc(N)n2)C=CC=CC1C(=O)O. The molecule has 0 saturated carbocycles. The Labute approximate surface area is 115 Å². The van der Waals surface area contributed by atoms with Crippen LogP contribution in [0, 0.1) is 5.92 Å². The van der Waals surface area contributed by atoms with Crippen LogP contribution in [0.15, 0.2) is 29.7 Å². The summed E-state index contributed by atoms with van der Waals surface area (Å²) in [5.41, 5.74) is 5.60. The minimum absolute atomic E-state index is 0.404. The number of nitrogen functional groups attached to an aromatic ring is 1. The quantitative estimate of drug-likeness (QED) is 0.860. The zero-order chi connectivity index (χ0) is 13.9. The maximum Gasteiger partial charge on any atom is 0.313 e. The van der Waals surface area contributed by atoms with E-state index in [0.717, 1.165) is 5.69 Å². The van der Waals surface area contributed by atoms with Crippen LogP contribution in [0.2, 0.25) is 0 Å². The number of ether oxygens (including phenoxy) is 1. The van der Waals surface area contributed by atoms with Gasteiger partial charge >= 0.3 is 5.97 Å². The summed E-state index contributed by atoms with van der Waals surface area (Å²) < 4.78 is 5.76. The van der Waals surface area contributed by atoms with E-state index in [0.29, 0.717) is 18.2 Å². The third-order valence-electron chi connectivity index (χ3n) is 3.07. The number of thiazole rings is 1. The van der Waals surface area contributed by atoms with Gasteiger partial charge in [-0.15, -0.1) is 11.3 Å². The number of rotatable bonds is 5. The van der Waals surface area contributed by atoms with E-state index in [9.17, 15) is 9.90 Å². The lowest BCUT2D eigenvalue weighted by Crippen LogP contribution is -2.41. The molecule has 5 nitrogen and oxygen atoms in total. The summed E-state index contributed by atoms with van der Waals surface area (Å²) in [7, 11) is 0. The number of carboxylic acid groups (broad SMARTS) is 1. The van der Waals surface area contributed by atoms with Crippen molar-refractivity contribution in [1.82, 2.24) is 4.98 Å². The monoisotopic (exact) mass is 280 g/mol. The topological polar surface area (TPSA) is 85.4 Å². The lowest BCUT2D eigenvalue weighted by Gasteiger charge is -2.32. The first-order valence-corrected chi connectivity index (χ1v) is 6.82. The number of hydrogen-bond donors (Lipinski definition) is 2. The van der Waals surface area contributed by atoms with Crippen molar-refractivity contribution in [3.05, 3.63) is 35.4 Å². The molecule has 102 valence electrons. The third-order valence-corrected chi connectivity index (χ3v) is 3.79. The smallest absolute Gasteiger partial charge is 0.313 e. The lowest BCUT2D eigenvalue weighted by atomic mass is 9.85. The van der Waals surface area contributed by atoms with E-state index in [4.69, 9.17) is 10.5 Å². The molecule has 1 aliphatic rings. The molecule has 6 heteroatoms. The molecule has 2 unspecified atom stereocenters. The molecule has 0 aliphatic heterocycles. The van der Waals surface area contributed by atoms with Gasteiger partial charge in [0.25, 0.3) is 0 Å². The van der Waals surface area contributed by atoms with E-state index in [2.05, 4.69) is 4.98 Å². The number of aromatic nitrogens is 1. The van der Waals surface area contributed by atoms with E-state index in [1.165, 1.54) is 11.3 Å². The number of nitrogens with two attached hydrogens (primary N) is 1. The summed E-state index contributed by atoms with van der Waals surface area (Å²) in [5, 5.41) is 11.6. The molecule has 0 radical (unpaired) electrons. The molecule has 1 aliphatic carbocycles. The standard InChI is InChI=1S/C13H16N2O3S/c1-13(6-3-2-4-10(13)11(16)17)18-7-5-9-8-19-12(14)15-9/h2-4,6,8,10H,5,7H2,1H3,(H2,14,15)(H,16,17). The van der Waals surface area contributed by atoms with Crippen molar-refractivity contribution >= 4 is 22.4 Å². The molecule has 3 N–H and O–H groups in total. The van der Waals surface area contributed by atoms with Gasteiger partial charge in [-0.2, -0.15) is 0 Å². The Morgan fingerprint density at radius 1 is 1.63 bits per heavy atom. The van der Waals surface area contributed by atoms with Crippen LogP contribution in [0.4, 0.5) is 5.13 Å². The largest absolute Gasteiger partial charge is 0.481 e. The number of carboxylic acids is 1. The second-order valence-corrected chi connectivity index (χ2v) is 5.41. The van der Waals surface area contributed by atoms with Gasteiger partial charge in [0.15, 0.2) is 5.13 Å². The Kier molecular flexibility index (Phi) is 4.01. The fourth-order valence-corrected chi connectivity index (χ4v) is 2.59. The van der Waals surface area contributed by atoms with Gasteiger partial charge in [0.05, 0.1) is 12.3 Å². The highest BCUT2D eigenvalue weighted by atomic mass is 32.1. The van der Waals surface area contributed by atoms with E-state index in [1.807, 2.05) is 5.38 Å². The molecule has 0 aromatic carbocycles. The molecule has 0 spiro atoms.